The van der Waals surface area contributed by atoms with E-state index in [1.807, 2.05) is 18.2 Å². The van der Waals surface area contributed by atoms with Crippen molar-refractivity contribution in [1.29, 1.82) is 0 Å². The minimum Gasteiger partial charge on any atom is -0.497 e. The fourth-order valence-corrected chi connectivity index (χ4v) is 2.83. The maximum Gasteiger partial charge on any atom is 0.194 e. The zero-order chi connectivity index (χ0) is 17.4. The normalized spacial score (nSPS) is 15.1. The van der Waals surface area contributed by atoms with Crippen LogP contribution < -0.4 is 14.8 Å². The Labute approximate surface area is 167 Å². The fraction of sp³-hybridized carbons (Fsp3) is 0.500. The van der Waals surface area contributed by atoms with Crippen molar-refractivity contribution in [2.45, 2.75) is 6.54 Å². The lowest BCUT2D eigenvalue weighted by atomic mass is 10.1. The number of nitrogens with one attached hydrogen (secondary N) is 1. The van der Waals surface area contributed by atoms with E-state index in [0.29, 0.717) is 6.54 Å². The molecule has 7 heteroatoms. The average molecular weight is 458 g/mol. The molecule has 0 atom stereocenters. The van der Waals surface area contributed by atoms with Gasteiger partial charge in [-0.2, -0.15) is 0 Å². The van der Waals surface area contributed by atoms with Crippen LogP contribution in [0.25, 0.3) is 0 Å². The van der Waals surface area contributed by atoms with Gasteiger partial charge in [-0.25, -0.2) is 0 Å². The Morgan fingerprint density at radius 3 is 2.52 bits per heavy atom. The predicted molar refractivity (Wildman–Crippen MR) is 112 cm³/mol. The number of piperazine rings is 1. The molecule has 6 nitrogen and oxygen atoms in total. The van der Waals surface area contributed by atoms with Gasteiger partial charge in [0.1, 0.15) is 11.5 Å². The number of aliphatic imine (C=N–C) groups is 1. The number of methoxy groups -OCH3 is 2. The van der Waals surface area contributed by atoms with E-state index in [0.717, 1.165) is 55.7 Å². The molecular weight excluding hydrogens is 431 g/mol. The highest BCUT2D eigenvalue weighted by molar-refractivity contribution is 14.0. The first kappa shape index (κ1) is 21.4. The van der Waals surface area contributed by atoms with Gasteiger partial charge in [0.15, 0.2) is 5.96 Å². The minimum atomic E-state index is 0. The van der Waals surface area contributed by atoms with E-state index in [2.05, 4.69) is 26.0 Å². The molecule has 0 radical (unpaired) electrons. The second-order valence-electron chi connectivity index (χ2n) is 5.55. The summed E-state index contributed by atoms with van der Waals surface area (Å²) in [6.45, 7) is 5.07. The lowest BCUT2D eigenvalue weighted by molar-refractivity contribution is 0.171. The summed E-state index contributed by atoms with van der Waals surface area (Å²) >= 11 is 0. The Morgan fingerprint density at radius 1 is 1.24 bits per heavy atom. The summed E-state index contributed by atoms with van der Waals surface area (Å²) in [4.78, 5) is 8.93. The summed E-state index contributed by atoms with van der Waals surface area (Å²) < 4.78 is 10.8. The van der Waals surface area contributed by atoms with Crippen LogP contribution in [0.4, 0.5) is 0 Å². The summed E-state index contributed by atoms with van der Waals surface area (Å²) in [6.07, 6.45) is 5.30. The zero-order valence-electron chi connectivity index (χ0n) is 15.1. The highest BCUT2D eigenvalue weighted by Gasteiger charge is 2.20. The summed E-state index contributed by atoms with van der Waals surface area (Å²) in [5, 5.41) is 3.17. The summed E-state index contributed by atoms with van der Waals surface area (Å²) in [5.74, 6) is 5.19. The number of halogens is 1. The summed E-state index contributed by atoms with van der Waals surface area (Å²) in [6, 6.07) is 5.91. The molecule has 0 amide bonds. The van der Waals surface area contributed by atoms with Gasteiger partial charge in [0.25, 0.3) is 0 Å². The van der Waals surface area contributed by atoms with Gasteiger partial charge < -0.3 is 19.7 Å². The molecule has 0 aromatic heterocycles. The van der Waals surface area contributed by atoms with Crippen LogP contribution >= 0.6 is 24.0 Å². The Bertz CT molecular complexity index is 608. The highest BCUT2D eigenvalue weighted by Crippen LogP contribution is 2.25. The van der Waals surface area contributed by atoms with Crippen molar-refractivity contribution < 1.29 is 9.47 Å². The van der Waals surface area contributed by atoms with Crippen LogP contribution in [0.1, 0.15) is 5.56 Å². The van der Waals surface area contributed by atoms with Crippen molar-refractivity contribution in [3.05, 3.63) is 23.8 Å². The number of terminal acetylenes is 1. The van der Waals surface area contributed by atoms with Crippen molar-refractivity contribution in [2.75, 3.05) is 54.0 Å². The van der Waals surface area contributed by atoms with Crippen molar-refractivity contribution in [1.82, 2.24) is 15.1 Å². The van der Waals surface area contributed by atoms with Gasteiger partial charge in [0.05, 0.1) is 20.8 Å². The zero-order valence-corrected chi connectivity index (χ0v) is 17.4. The maximum atomic E-state index is 5.47. The molecule has 138 valence electrons. The second kappa shape index (κ2) is 11.1. The van der Waals surface area contributed by atoms with E-state index in [9.17, 15) is 0 Å². The third-order valence-electron chi connectivity index (χ3n) is 4.11. The van der Waals surface area contributed by atoms with E-state index in [1.54, 1.807) is 21.3 Å². The third-order valence-corrected chi connectivity index (χ3v) is 4.11. The van der Waals surface area contributed by atoms with E-state index < -0.39 is 0 Å². The van der Waals surface area contributed by atoms with Crippen LogP contribution in [-0.4, -0.2) is 69.8 Å². The molecule has 1 saturated heterocycles. The SMILES string of the molecule is C#CCNC(=NC)N1CCN(Cc2cc(OC)ccc2OC)CC1.I. The first-order valence-corrected chi connectivity index (χ1v) is 8.04. The number of nitrogens with zero attached hydrogens (tertiary/aromatic N) is 3. The van der Waals surface area contributed by atoms with E-state index in [-0.39, 0.29) is 24.0 Å². The molecule has 2 rings (SSSR count). The molecule has 0 unspecified atom stereocenters. The molecule has 1 aliphatic heterocycles. The molecule has 1 heterocycles. The van der Waals surface area contributed by atoms with Crippen LogP contribution in [0.5, 0.6) is 11.5 Å². The van der Waals surface area contributed by atoms with Crippen molar-refractivity contribution in [2.24, 2.45) is 4.99 Å². The quantitative estimate of drug-likeness (QED) is 0.315. The Hall–Kier alpha value is -1.66. The first-order valence-electron chi connectivity index (χ1n) is 8.04. The lowest BCUT2D eigenvalue weighted by Gasteiger charge is -2.36. The van der Waals surface area contributed by atoms with Gasteiger partial charge in [-0.15, -0.1) is 30.4 Å². The minimum absolute atomic E-state index is 0. The number of guanidine groups is 1. The van der Waals surface area contributed by atoms with E-state index >= 15 is 0 Å². The molecule has 25 heavy (non-hydrogen) atoms. The third kappa shape index (κ3) is 5.97. The van der Waals surface area contributed by atoms with Gasteiger partial charge in [0, 0.05) is 45.3 Å². The van der Waals surface area contributed by atoms with Crippen molar-refractivity contribution in [3.63, 3.8) is 0 Å². The van der Waals surface area contributed by atoms with Gasteiger partial charge in [0.2, 0.25) is 0 Å². The van der Waals surface area contributed by atoms with Crippen LogP contribution in [-0.2, 0) is 6.54 Å². The largest absolute Gasteiger partial charge is 0.497 e. The molecular formula is C18H27IN4O2. The fourth-order valence-electron chi connectivity index (χ4n) is 2.83. The number of hydrogen-bond donors (Lipinski definition) is 1. The highest BCUT2D eigenvalue weighted by atomic mass is 127. The van der Waals surface area contributed by atoms with Crippen LogP contribution in [0.3, 0.4) is 0 Å². The van der Waals surface area contributed by atoms with E-state index in [1.165, 1.54) is 0 Å². The molecule has 0 bridgehead atoms. The number of ether oxygens (including phenoxy) is 2. The molecule has 1 fully saturated rings. The smallest absolute Gasteiger partial charge is 0.194 e. The monoisotopic (exact) mass is 458 g/mol. The standard InChI is InChI=1S/C18H26N4O2.HI/c1-5-8-20-18(19-2)22-11-9-21(10-12-22)14-15-13-16(23-3)6-7-17(15)24-4;/h1,6-7,13H,8-12,14H2,2-4H3,(H,19,20);1H. The molecule has 0 spiro atoms. The molecule has 0 saturated carbocycles. The number of hydrogen-bond acceptors (Lipinski definition) is 4. The Morgan fingerprint density at radius 2 is 1.96 bits per heavy atom. The number of benzene rings is 1. The number of rotatable bonds is 5. The van der Waals surface area contributed by atoms with E-state index in [4.69, 9.17) is 15.9 Å². The lowest BCUT2D eigenvalue weighted by Crippen LogP contribution is -2.52. The van der Waals surface area contributed by atoms with Crippen molar-refractivity contribution >= 4 is 29.9 Å². The second-order valence-corrected chi connectivity index (χ2v) is 5.55. The maximum absolute atomic E-state index is 5.47. The van der Waals surface area contributed by atoms with Crippen LogP contribution in [0.2, 0.25) is 0 Å². The Kier molecular flexibility index (Phi) is 9.45. The topological polar surface area (TPSA) is 49.3 Å². The molecule has 1 N–H and O–H groups in total. The van der Waals surface area contributed by atoms with Crippen LogP contribution in [0.15, 0.2) is 23.2 Å². The predicted octanol–water partition coefficient (Wildman–Crippen LogP) is 1.65. The van der Waals surface area contributed by atoms with Gasteiger partial charge >= 0.3 is 0 Å². The Balaban J connectivity index is 0.00000312. The summed E-state index contributed by atoms with van der Waals surface area (Å²) in [5.41, 5.74) is 1.14. The van der Waals surface area contributed by atoms with Gasteiger partial charge in [-0.05, 0) is 18.2 Å². The molecule has 1 aromatic rings. The van der Waals surface area contributed by atoms with Crippen molar-refractivity contribution in [3.8, 4) is 23.8 Å². The van der Waals surface area contributed by atoms with Gasteiger partial charge in [-0.3, -0.25) is 9.89 Å². The molecule has 1 aromatic carbocycles. The molecule has 1 aliphatic rings. The average Bonchev–Trinajstić information content (AvgIpc) is 2.63. The first-order chi connectivity index (χ1) is 11.7. The van der Waals surface area contributed by atoms with Gasteiger partial charge in [-0.1, -0.05) is 5.92 Å². The van der Waals surface area contributed by atoms with Crippen LogP contribution in [0, 0.1) is 12.3 Å². The molecule has 0 aliphatic carbocycles. The summed E-state index contributed by atoms with van der Waals surface area (Å²) in [7, 11) is 5.16.